The summed E-state index contributed by atoms with van der Waals surface area (Å²) in [6, 6.07) is 1.96. The van der Waals surface area contributed by atoms with Crippen LogP contribution in [-0.2, 0) is 19.6 Å². The van der Waals surface area contributed by atoms with Crippen molar-refractivity contribution in [2.24, 2.45) is 5.73 Å². The highest BCUT2D eigenvalue weighted by atomic mass is 32.2. The molecule has 1 rings (SSSR count). The van der Waals surface area contributed by atoms with Crippen molar-refractivity contribution in [3.05, 3.63) is 23.8 Å². The minimum atomic E-state index is -4.18. The first-order valence-electron chi connectivity index (χ1n) is 5.95. The SMILES string of the molecule is COC(=O)[C@H](CO)NS(=O)(=O)c1ccc(OC)c(C(N)=O)c1. The van der Waals surface area contributed by atoms with Crippen LogP contribution in [0.25, 0.3) is 0 Å². The van der Waals surface area contributed by atoms with Gasteiger partial charge in [-0.15, -0.1) is 0 Å². The zero-order chi connectivity index (χ0) is 16.9. The summed E-state index contributed by atoms with van der Waals surface area (Å²) in [4.78, 5) is 22.3. The highest BCUT2D eigenvalue weighted by Gasteiger charge is 2.26. The average Bonchev–Trinajstić information content (AvgIpc) is 2.50. The summed E-state index contributed by atoms with van der Waals surface area (Å²) >= 11 is 0. The van der Waals surface area contributed by atoms with Crippen LogP contribution < -0.4 is 15.2 Å². The number of benzene rings is 1. The molecule has 0 unspecified atom stereocenters. The third-order valence-corrected chi connectivity index (χ3v) is 4.18. The van der Waals surface area contributed by atoms with E-state index in [1.165, 1.54) is 19.2 Å². The lowest BCUT2D eigenvalue weighted by molar-refractivity contribution is -0.143. The van der Waals surface area contributed by atoms with Crippen LogP contribution in [0.1, 0.15) is 10.4 Å². The molecule has 122 valence electrons. The number of amides is 1. The number of aliphatic hydroxyl groups excluding tert-OH is 1. The standard InChI is InChI=1S/C12H16N2O7S/c1-20-10-4-3-7(5-8(10)11(13)16)22(18,19)14-9(6-15)12(17)21-2/h3-5,9,14-15H,6H2,1-2H3,(H2,13,16)/t9-/m0/s1. The first-order valence-corrected chi connectivity index (χ1v) is 7.44. The number of rotatable bonds is 7. The minimum Gasteiger partial charge on any atom is -0.496 e. The molecule has 0 saturated carbocycles. The van der Waals surface area contributed by atoms with Crippen LogP contribution in [0.15, 0.2) is 23.1 Å². The Morgan fingerprint density at radius 3 is 2.45 bits per heavy atom. The van der Waals surface area contributed by atoms with Crippen LogP contribution in [0.2, 0.25) is 0 Å². The van der Waals surface area contributed by atoms with Gasteiger partial charge in [0.2, 0.25) is 10.0 Å². The first-order chi connectivity index (χ1) is 10.3. The zero-order valence-corrected chi connectivity index (χ0v) is 12.7. The van der Waals surface area contributed by atoms with Gasteiger partial charge in [-0.2, -0.15) is 4.72 Å². The predicted octanol–water partition coefficient (Wildman–Crippen LogP) is -1.39. The van der Waals surface area contributed by atoms with Gasteiger partial charge in [0.25, 0.3) is 5.91 Å². The molecule has 1 amide bonds. The molecule has 1 atom stereocenters. The highest BCUT2D eigenvalue weighted by Crippen LogP contribution is 2.22. The summed E-state index contributed by atoms with van der Waals surface area (Å²) in [6.07, 6.45) is 0. The van der Waals surface area contributed by atoms with Crippen LogP contribution in [0, 0.1) is 0 Å². The molecule has 0 spiro atoms. The normalized spacial score (nSPS) is 12.5. The first kappa shape index (κ1) is 17.9. The number of primary amides is 1. The number of hydrogen-bond acceptors (Lipinski definition) is 7. The molecule has 4 N–H and O–H groups in total. The Labute approximate surface area is 127 Å². The van der Waals surface area contributed by atoms with Gasteiger partial charge in [-0.1, -0.05) is 0 Å². The maximum Gasteiger partial charge on any atom is 0.326 e. The van der Waals surface area contributed by atoms with Gasteiger partial charge in [-0.3, -0.25) is 9.59 Å². The largest absolute Gasteiger partial charge is 0.496 e. The van der Waals surface area contributed by atoms with Gasteiger partial charge in [0, 0.05) is 0 Å². The van der Waals surface area contributed by atoms with Crippen molar-refractivity contribution in [3.63, 3.8) is 0 Å². The summed E-state index contributed by atoms with van der Waals surface area (Å²) in [5.41, 5.74) is 5.02. The van der Waals surface area contributed by atoms with Crippen molar-refractivity contribution in [3.8, 4) is 5.75 Å². The van der Waals surface area contributed by atoms with Crippen LogP contribution in [-0.4, -0.2) is 52.3 Å². The number of esters is 1. The van der Waals surface area contributed by atoms with E-state index in [1.54, 1.807) is 0 Å². The molecule has 0 fully saturated rings. The number of nitrogens with one attached hydrogen (secondary N) is 1. The monoisotopic (exact) mass is 332 g/mol. The van der Waals surface area contributed by atoms with E-state index >= 15 is 0 Å². The molecule has 0 heterocycles. The Balaban J connectivity index is 3.20. The zero-order valence-electron chi connectivity index (χ0n) is 11.9. The summed E-state index contributed by atoms with van der Waals surface area (Å²) < 4.78 is 35.6. The molecule has 22 heavy (non-hydrogen) atoms. The van der Waals surface area contributed by atoms with E-state index in [2.05, 4.69) is 4.74 Å². The molecular weight excluding hydrogens is 316 g/mol. The number of ether oxygens (including phenoxy) is 2. The summed E-state index contributed by atoms with van der Waals surface area (Å²) in [6.45, 7) is -0.787. The number of carbonyl (C=O) groups excluding carboxylic acids is 2. The molecule has 1 aromatic rings. The fraction of sp³-hybridized carbons (Fsp3) is 0.333. The molecule has 0 bridgehead atoms. The predicted molar refractivity (Wildman–Crippen MR) is 74.7 cm³/mol. The van der Waals surface area contributed by atoms with Crippen molar-refractivity contribution in [1.82, 2.24) is 4.72 Å². The van der Waals surface area contributed by atoms with Gasteiger partial charge < -0.3 is 20.3 Å². The van der Waals surface area contributed by atoms with Gasteiger partial charge in [0.1, 0.15) is 11.8 Å². The van der Waals surface area contributed by atoms with Gasteiger partial charge in [-0.25, -0.2) is 8.42 Å². The summed E-state index contributed by atoms with van der Waals surface area (Å²) in [5.74, 6) is -1.71. The summed E-state index contributed by atoms with van der Waals surface area (Å²) in [5, 5.41) is 9.04. The molecule has 0 aliphatic carbocycles. The van der Waals surface area contributed by atoms with Crippen LogP contribution in [0.4, 0.5) is 0 Å². The molecule has 9 nitrogen and oxygen atoms in total. The van der Waals surface area contributed by atoms with E-state index in [9.17, 15) is 18.0 Å². The Morgan fingerprint density at radius 1 is 1.36 bits per heavy atom. The molecule has 0 aliphatic rings. The van der Waals surface area contributed by atoms with Crippen LogP contribution in [0.5, 0.6) is 5.75 Å². The van der Waals surface area contributed by atoms with Gasteiger partial charge in [0.15, 0.2) is 0 Å². The van der Waals surface area contributed by atoms with Crippen molar-refractivity contribution in [2.75, 3.05) is 20.8 Å². The maximum atomic E-state index is 12.2. The van der Waals surface area contributed by atoms with Crippen LogP contribution in [0.3, 0.4) is 0 Å². The second kappa shape index (κ2) is 7.20. The lowest BCUT2D eigenvalue weighted by Crippen LogP contribution is -2.43. The minimum absolute atomic E-state index is 0.109. The van der Waals surface area contributed by atoms with Crippen LogP contribution >= 0.6 is 0 Å². The van der Waals surface area contributed by atoms with Crippen molar-refractivity contribution in [2.45, 2.75) is 10.9 Å². The Kier molecular flexibility index (Phi) is 5.85. The number of carbonyl (C=O) groups is 2. The lowest BCUT2D eigenvalue weighted by Gasteiger charge is -2.15. The second-order valence-corrected chi connectivity index (χ2v) is 5.82. The van der Waals surface area contributed by atoms with E-state index in [4.69, 9.17) is 15.6 Å². The molecule has 1 aromatic carbocycles. The molecular formula is C12H16N2O7S. The number of hydrogen-bond donors (Lipinski definition) is 3. The van der Waals surface area contributed by atoms with E-state index in [-0.39, 0.29) is 16.2 Å². The Hall–Kier alpha value is -2.17. The van der Waals surface area contributed by atoms with E-state index in [0.29, 0.717) is 0 Å². The van der Waals surface area contributed by atoms with Crippen molar-refractivity contribution >= 4 is 21.9 Å². The maximum absolute atomic E-state index is 12.2. The lowest BCUT2D eigenvalue weighted by atomic mass is 10.2. The number of nitrogens with two attached hydrogens (primary N) is 1. The number of aliphatic hydroxyl groups is 1. The molecule has 0 radical (unpaired) electrons. The fourth-order valence-corrected chi connectivity index (χ4v) is 2.81. The smallest absolute Gasteiger partial charge is 0.326 e. The van der Waals surface area contributed by atoms with Crippen molar-refractivity contribution < 1.29 is 32.6 Å². The Morgan fingerprint density at radius 2 is 2.00 bits per heavy atom. The molecule has 0 aliphatic heterocycles. The Bertz CT molecular complexity index is 672. The van der Waals surface area contributed by atoms with Gasteiger partial charge >= 0.3 is 5.97 Å². The quantitative estimate of drug-likeness (QED) is 0.521. The topological polar surface area (TPSA) is 145 Å². The third-order valence-electron chi connectivity index (χ3n) is 2.71. The van der Waals surface area contributed by atoms with Gasteiger partial charge in [-0.05, 0) is 18.2 Å². The van der Waals surface area contributed by atoms with E-state index < -0.39 is 34.5 Å². The second-order valence-electron chi connectivity index (χ2n) is 4.11. The van der Waals surface area contributed by atoms with Crippen molar-refractivity contribution in [1.29, 1.82) is 0 Å². The third kappa shape index (κ3) is 3.93. The van der Waals surface area contributed by atoms with E-state index in [0.717, 1.165) is 13.2 Å². The van der Waals surface area contributed by atoms with E-state index in [1.807, 2.05) is 4.72 Å². The average molecular weight is 332 g/mol. The fourth-order valence-electron chi connectivity index (χ4n) is 1.60. The number of sulfonamides is 1. The summed E-state index contributed by atoms with van der Waals surface area (Å²) in [7, 11) is -1.83. The molecule has 0 saturated heterocycles. The highest BCUT2D eigenvalue weighted by molar-refractivity contribution is 7.89. The number of methoxy groups -OCH3 is 2. The molecule has 0 aromatic heterocycles. The van der Waals surface area contributed by atoms with Gasteiger partial charge in [0.05, 0.1) is 31.3 Å². The molecule has 10 heteroatoms.